The maximum Gasteiger partial charge on any atom is 0.305 e. The van der Waals surface area contributed by atoms with Gasteiger partial charge < -0.3 is 9.47 Å². The highest BCUT2D eigenvalue weighted by molar-refractivity contribution is 5.68. The predicted molar refractivity (Wildman–Crippen MR) is 71.9 cm³/mol. The maximum absolute atomic E-state index is 11.0. The third kappa shape index (κ3) is 4.78. The number of rotatable bonds is 7. The molecule has 0 radical (unpaired) electrons. The SMILES string of the molecule is COC(=O)CCCCC(C)c1ccc(OC)cc1. The monoisotopic (exact) mass is 250 g/mol. The molecule has 3 nitrogen and oxygen atoms in total. The number of esters is 1. The molecule has 0 aliphatic rings. The molecule has 0 aliphatic carbocycles. The Morgan fingerprint density at radius 3 is 2.39 bits per heavy atom. The molecule has 0 amide bonds. The van der Waals surface area contributed by atoms with Gasteiger partial charge in [0.2, 0.25) is 0 Å². The summed E-state index contributed by atoms with van der Waals surface area (Å²) in [4.78, 5) is 11.0. The Kier molecular flexibility index (Phi) is 6.26. The highest BCUT2D eigenvalue weighted by Gasteiger charge is 2.06. The van der Waals surface area contributed by atoms with Crippen molar-refractivity contribution in [3.63, 3.8) is 0 Å². The second kappa shape index (κ2) is 7.75. The first kappa shape index (κ1) is 14.6. The fourth-order valence-corrected chi connectivity index (χ4v) is 1.92. The molecule has 0 aliphatic heterocycles. The summed E-state index contributed by atoms with van der Waals surface area (Å²) >= 11 is 0. The van der Waals surface area contributed by atoms with Crippen LogP contribution < -0.4 is 4.74 Å². The second-order valence-corrected chi connectivity index (χ2v) is 4.50. The lowest BCUT2D eigenvalue weighted by Gasteiger charge is -2.12. The largest absolute Gasteiger partial charge is 0.497 e. The van der Waals surface area contributed by atoms with Gasteiger partial charge in [0.15, 0.2) is 0 Å². The topological polar surface area (TPSA) is 35.5 Å². The molecule has 0 aromatic heterocycles. The molecule has 1 aromatic rings. The van der Waals surface area contributed by atoms with Crippen LogP contribution in [0.2, 0.25) is 0 Å². The molecule has 1 aromatic carbocycles. The van der Waals surface area contributed by atoms with Gasteiger partial charge in [0.25, 0.3) is 0 Å². The number of ether oxygens (including phenoxy) is 2. The molecule has 18 heavy (non-hydrogen) atoms. The number of benzene rings is 1. The first-order valence-electron chi connectivity index (χ1n) is 6.38. The zero-order chi connectivity index (χ0) is 13.4. The smallest absolute Gasteiger partial charge is 0.305 e. The fraction of sp³-hybridized carbons (Fsp3) is 0.533. The molecule has 0 N–H and O–H groups in total. The number of hydrogen-bond acceptors (Lipinski definition) is 3. The molecule has 0 bridgehead atoms. The van der Waals surface area contributed by atoms with E-state index < -0.39 is 0 Å². The Hall–Kier alpha value is -1.51. The van der Waals surface area contributed by atoms with Crippen molar-refractivity contribution in [1.29, 1.82) is 0 Å². The van der Waals surface area contributed by atoms with E-state index >= 15 is 0 Å². The number of methoxy groups -OCH3 is 2. The number of unbranched alkanes of at least 4 members (excludes halogenated alkanes) is 1. The summed E-state index contributed by atoms with van der Waals surface area (Å²) in [7, 11) is 3.10. The van der Waals surface area contributed by atoms with E-state index in [-0.39, 0.29) is 5.97 Å². The molecule has 0 fully saturated rings. The highest BCUT2D eigenvalue weighted by atomic mass is 16.5. The Bertz CT molecular complexity index is 357. The average molecular weight is 250 g/mol. The van der Waals surface area contributed by atoms with E-state index in [4.69, 9.17) is 4.74 Å². The lowest BCUT2D eigenvalue weighted by atomic mass is 9.95. The molecular formula is C15H22O3. The molecule has 3 heteroatoms. The minimum atomic E-state index is -0.118. The van der Waals surface area contributed by atoms with Gasteiger partial charge in [-0.3, -0.25) is 4.79 Å². The van der Waals surface area contributed by atoms with Gasteiger partial charge in [0.05, 0.1) is 14.2 Å². The summed E-state index contributed by atoms with van der Waals surface area (Å²) in [6.45, 7) is 2.21. The quantitative estimate of drug-likeness (QED) is 0.548. The van der Waals surface area contributed by atoms with Gasteiger partial charge in [0, 0.05) is 6.42 Å². The van der Waals surface area contributed by atoms with Crippen LogP contribution in [0.3, 0.4) is 0 Å². The van der Waals surface area contributed by atoms with E-state index in [1.54, 1.807) is 7.11 Å². The van der Waals surface area contributed by atoms with Gasteiger partial charge in [-0.05, 0) is 36.5 Å². The predicted octanol–water partition coefficient (Wildman–Crippen LogP) is 3.53. The van der Waals surface area contributed by atoms with Gasteiger partial charge in [-0.1, -0.05) is 25.5 Å². The highest BCUT2D eigenvalue weighted by Crippen LogP contribution is 2.23. The van der Waals surface area contributed by atoms with Crippen molar-refractivity contribution in [2.45, 2.75) is 38.5 Å². The maximum atomic E-state index is 11.0. The van der Waals surface area contributed by atoms with Crippen molar-refractivity contribution >= 4 is 5.97 Å². The zero-order valence-corrected chi connectivity index (χ0v) is 11.4. The Labute approximate surface area is 109 Å². The molecule has 0 saturated heterocycles. The first-order valence-corrected chi connectivity index (χ1v) is 6.38. The normalized spacial score (nSPS) is 11.9. The van der Waals surface area contributed by atoms with Gasteiger partial charge in [-0.15, -0.1) is 0 Å². The first-order chi connectivity index (χ1) is 8.67. The van der Waals surface area contributed by atoms with Crippen molar-refractivity contribution in [3.05, 3.63) is 29.8 Å². The lowest BCUT2D eigenvalue weighted by molar-refractivity contribution is -0.140. The summed E-state index contributed by atoms with van der Waals surface area (Å²) < 4.78 is 9.75. The van der Waals surface area contributed by atoms with Gasteiger partial charge in [0.1, 0.15) is 5.75 Å². The van der Waals surface area contributed by atoms with E-state index in [9.17, 15) is 4.79 Å². The van der Waals surface area contributed by atoms with E-state index in [1.165, 1.54) is 12.7 Å². The van der Waals surface area contributed by atoms with Crippen molar-refractivity contribution in [2.24, 2.45) is 0 Å². The third-order valence-electron chi connectivity index (χ3n) is 3.18. The van der Waals surface area contributed by atoms with Crippen LogP contribution in [0, 0.1) is 0 Å². The molecule has 100 valence electrons. The number of carbonyl (C=O) groups is 1. The minimum absolute atomic E-state index is 0.118. The Morgan fingerprint density at radius 1 is 1.17 bits per heavy atom. The van der Waals surface area contributed by atoms with Gasteiger partial charge >= 0.3 is 5.97 Å². The summed E-state index contributed by atoms with van der Waals surface area (Å²) in [6.07, 6.45) is 3.55. The van der Waals surface area contributed by atoms with Crippen LogP contribution in [0.1, 0.15) is 44.1 Å². The Morgan fingerprint density at radius 2 is 1.83 bits per heavy atom. The van der Waals surface area contributed by atoms with E-state index in [0.29, 0.717) is 12.3 Å². The number of hydrogen-bond donors (Lipinski definition) is 0. The van der Waals surface area contributed by atoms with Crippen molar-refractivity contribution in [2.75, 3.05) is 14.2 Å². The Balaban J connectivity index is 2.31. The third-order valence-corrected chi connectivity index (χ3v) is 3.18. The molecule has 1 unspecified atom stereocenters. The average Bonchev–Trinajstić information content (AvgIpc) is 2.43. The molecule has 0 spiro atoms. The second-order valence-electron chi connectivity index (χ2n) is 4.50. The molecule has 1 rings (SSSR count). The van der Waals surface area contributed by atoms with Crippen LogP contribution in [0.15, 0.2) is 24.3 Å². The van der Waals surface area contributed by atoms with E-state index in [2.05, 4.69) is 23.8 Å². The summed E-state index contributed by atoms with van der Waals surface area (Å²) in [5.41, 5.74) is 1.31. The van der Waals surface area contributed by atoms with Crippen LogP contribution >= 0.6 is 0 Å². The summed E-state index contributed by atoms with van der Waals surface area (Å²) in [5, 5.41) is 0. The molecule has 0 heterocycles. The lowest BCUT2D eigenvalue weighted by Crippen LogP contribution is -2.00. The van der Waals surface area contributed by atoms with Crippen LogP contribution in [0.4, 0.5) is 0 Å². The van der Waals surface area contributed by atoms with Crippen molar-refractivity contribution in [3.8, 4) is 5.75 Å². The van der Waals surface area contributed by atoms with Gasteiger partial charge in [-0.25, -0.2) is 0 Å². The van der Waals surface area contributed by atoms with Crippen molar-refractivity contribution in [1.82, 2.24) is 0 Å². The summed E-state index contributed by atoms with van der Waals surface area (Å²) in [6, 6.07) is 8.17. The number of carbonyl (C=O) groups excluding carboxylic acids is 1. The van der Waals surface area contributed by atoms with Crippen LogP contribution in [0.5, 0.6) is 5.75 Å². The van der Waals surface area contributed by atoms with E-state index in [1.807, 2.05) is 12.1 Å². The van der Waals surface area contributed by atoms with E-state index in [0.717, 1.165) is 25.0 Å². The van der Waals surface area contributed by atoms with Crippen LogP contribution in [-0.4, -0.2) is 20.2 Å². The van der Waals surface area contributed by atoms with Gasteiger partial charge in [-0.2, -0.15) is 0 Å². The summed E-state index contributed by atoms with van der Waals surface area (Å²) in [5.74, 6) is 1.28. The molecule has 1 atom stereocenters. The van der Waals surface area contributed by atoms with Crippen molar-refractivity contribution < 1.29 is 14.3 Å². The molecule has 0 saturated carbocycles. The molecular weight excluding hydrogens is 228 g/mol. The fourth-order valence-electron chi connectivity index (χ4n) is 1.92. The van der Waals surface area contributed by atoms with Crippen LogP contribution in [0.25, 0.3) is 0 Å². The minimum Gasteiger partial charge on any atom is -0.497 e. The van der Waals surface area contributed by atoms with Crippen LogP contribution in [-0.2, 0) is 9.53 Å². The zero-order valence-electron chi connectivity index (χ0n) is 11.4. The standard InChI is InChI=1S/C15H22O3/c1-12(6-4-5-7-15(16)18-3)13-8-10-14(17-2)11-9-13/h8-12H,4-7H2,1-3H3.